The van der Waals surface area contributed by atoms with E-state index in [1.165, 1.54) is 6.92 Å². The Morgan fingerprint density at radius 1 is 1.11 bits per heavy atom. The van der Waals surface area contributed by atoms with E-state index in [4.69, 9.17) is 4.84 Å². The summed E-state index contributed by atoms with van der Waals surface area (Å²) in [4.78, 5) is 28.5. The van der Waals surface area contributed by atoms with E-state index in [9.17, 15) is 9.59 Å². The number of rotatable bonds is 5. The number of hydroxylamine groups is 3. The molecule has 0 unspecified atom stereocenters. The van der Waals surface area contributed by atoms with Crippen LogP contribution in [0.4, 0.5) is 0 Å². The van der Waals surface area contributed by atoms with Gasteiger partial charge in [-0.25, -0.2) is 4.79 Å². The van der Waals surface area contributed by atoms with Gasteiger partial charge in [0, 0.05) is 5.56 Å². The lowest BCUT2D eigenvalue weighted by atomic mass is 10.1. The number of hydrogen-bond donors (Lipinski definition) is 0. The molecule has 0 saturated carbocycles. The molecule has 0 aliphatic carbocycles. The average Bonchev–Trinajstić information content (AvgIpc) is 2.26. The number of likely N-dealkylation sites (N-methyl/N-ethyl adjacent to an activating group) is 1. The highest BCUT2D eigenvalue weighted by molar-refractivity contribution is 5.95. The Hall–Kier alpha value is -1.94. The van der Waals surface area contributed by atoms with Crippen molar-refractivity contribution in [2.75, 3.05) is 20.6 Å². The molecule has 0 saturated heterocycles. The molecular formula is C15H20NO3+. The average molecular weight is 262 g/mol. The van der Waals surface area contributed by atoms with Gasteiger partial charge in [-0.2, -0.15) is 0 Å². The summed E-state index contributed by atoms with van der Waals surface area (Å²) in [5.74, 6) is -0.445. The summed E-state index contributed by atoms with van der Waals surface area (Å²) in [7, 11) is 3.58. The van der Waals surface area contributed by atoms with Crippen LogP contribution >= 0.6 is 0 Å². The van der Waals surface area contributed by atoms with Crippen molar-refractivity contribution in [2.24, 2.45) is 0 Å². The lowest BCUT2D eigenvalue weighted by Crippen LogP contribution is -2.42. The lowest BCUT2D eigenvalue weighted by Gasteiger charge is -2.26. The van der Waals surface area contributed by atoms with Crippen molar-refractivity contribution < 1.29 is 19.1 Å². The molecule has 1 aromatic carbocycles. The molecule has 102 valence electrons. The largest absolute Gasteiger partial charge is 0.397 e. The van der Waals surface area contributed by atoms with E-state index >= 15 is 0 Å². The Morgan fingerprint density at radius 2 is 1.58 bits per heavy atom. The minimum atomic E-state index is -0.415. The van der Waals surface area contributed by atoms with Crippen molar-refractivity contribution in [1.82, 2.24) is 0 Å². The van der Waals surface area contributed by atoms with Gasteiger partial charge < -0.3 is 0 Å². The summed E-state index contributed by atoms with van der Waals surface area (Å²) in [6.45, 7) is 7.73. The van der Waals surface area contributed by atoms with E-state index < -0.39 is 5.97 Å². The van der Waals surface area contributed by atoms with Crippen LogP contribution in [0, 0.1) is 0 Å². The van der Waals surface area contributed by atoms with Gasteiger partial charge in [-0.3, -0.25) is 9.63 Å². The summed E-state index contributed by atoms with van der Waals surface area (Å²) >= 11 is 0. The molecule has 0 fully saturated rings. The van der Waals surface area contributed by atoms with E-state index in [0.29, 0.717) is 17.7 Å². The van der Waals surface area contributed by atoms with Gasteiger partial charge in [0.05, 0.1) is 5.56 Å². The maximum atomic E-state index is 12.0. The van der Waals surface area contributed by atoms with Gasteiger partial charge in [0.2, 0.25) is 0 Å². The molecule has 4 heteroatoms. The molecule has 0 spiro atoms. The molecule has 4 nitrogen and oxygen atoms in total. The highest BCUT2D eigenvalue weighted by Crippen LogP contribution is 2.11. The summed E-state index contributed by atoms with van der Waals surface area (Å²) in [6.07, 6.45) is 0. The quantitative estimate of drug-likeness (QED) is 0.354. The normalized spacial score (nSPS) is 10.9. The van der Waals surface area contributed by atoms with Crippen molar-refractivity contribution in [1.29, 1.82) is 0 Å². The zero-order chi connectivity index (χ0) is 14.6. The second-order valence-corrected chi connectivity index (χ2v) is 5.20. The van der Waals surface area contributed by atoms with Gasteiger partial charge in [0.25, 0.3) is 0 Å². The predicted octanol–water partition coefficient (Wildman–Crippen LogP) is 2.61. The minimum Gasteiger partial charge on any atom is -0.295 e. The Bertz CT molecular complexity index is 501. The van der Waals surface area contributed by atoms with Crippen LogP contribution in [0.3, 0.4) is 0 Å². The van der Waals surface area contributed by atoms with Crippen LogP contribution in [0.25, 0.3) is 0 Å². The standard InChI is InChI=1S/C15H20NO3/c1-11(2)10-16(4,5)19-15(18)14-8-6-13(7-9-14)12(3)17/h6-9H,1,10H2,2-5H3/q+1. The van der Waals surface area contributed by atoms with Gasteiger partial charge in [-0.1, -0.05) is 18.7 Å². The molecule has 0 aliphatic heterocycles. The first-order valence-corrected chi connectivity index (χ1v) is 6.03. The van der Waals surface area contributed by atoms with Crippen LogP contribution in [-0.2, 0) is 4.84 Å². The Labute approximate surface area is 113 Å². The Kier molecular flexibility index (Phi) is 4.62. The second-order valence-electron chi connectivity index (χ2n) is 5.20. The maximum absolute atomic E-state index is 12.0. The minimum absolute atomic E-state index is 0.0293. The van der Waals surface area contributed by atoms with Gasteiger partial charge in [0.15, 0.2) is 5.78 Å². The zero-order valence-electron chi connectivity index (χ0n) is 11.9. The third-order valence-corrected chi connectivity index (χ3v) is 2.51. The summed E-state index contributed by atoms with van der Waals surface area (Å²) in [6, 6.07) is 6.44. The van der Waals surface area contributed by atoms with E-state index in [0.717, 1.165) is 5.57 Å². The second kappa shape index (κ2) is 5.80. The Morgan fingerprint density at radius 3 is 2.00 bits per heavy atom. The fourth-order valence-corrected chi connectivity index (χ4v) is 1.80. The monoisotopic (exact) mass is 262 g/mol. The molecule has 1 rings (SSSR count). The van der Waals surface area contributed by atoms with E-state index in [1.54, 1.807) is 38.4 Å². The van der Waals surface area contributed by atoms with Crippen molar-refractivity contribution in [3.8, 4) is 0 Å². The molecule has 0 aromatic heterocycles. The van der Waals surface area contributed by atoms with Gasteiger partial charge in [-0.15, -0.1) is 4.65 Å². The van der Waals surface area contributed by atoms with E-state index in [-0.39, 0.29) is 10.4 Å². The third-order valence-electron chi connectivity index (χ3n) is 2.51. The number of quaternary nitrogens is 1. The molecule has 19 heavy (non-hydrogen) atoms. The van der Waals surface area contributed by atoms with Crippen molar-refractivity contribution in [3.63, 3.8) is 0 Å². The first-order valence-electron chi connectivity index (χ1n) is 6.03. The van der Waals surface area contributed by atoms with Crippen molar-refractivity contribution in [2.45, 2.75) is 13.8 Å². The van der Waals surface area contributed by atoms with Crippen LogP contribution in [0.1, 0.15) is 34.6 Å². The lowest BCUT2D eigenvalue weighted by molar-refractivity contribution is -1.05. The first kappa shape index (κ1) is 15.1. The molecule has 0 aliphatic rings. The summed E-state index contributed by atoms with van der Waals surface area (Å²) in [5, 5.41) is 0. The number of benzene rings is 1. The molecule has 0 amide bonds. The molecule has 1 aromatic rings. The zero-order valence-corrected chi connectivity index (χ0v) is 11.9. The van der Waals surface area contributed by atoms with Crippen molar-refractivity contribution >= 4 is 11.8 Å². The maximum Gasteiger partial charge on any atom is 0.397 e. The smallest absolute Gasteiger partial charge is 0.295 e. The van der Waals surface area contributed by atoms with E-state index in [1.807, 2.05) is 6.92 Å². The first-order chi connectivity index (χ1) is 8.71. The molecule has 0 N–H and O–H groups in total. The number of ketones is 1. The van der Waals surface area contributed by atoms with Crippen molar-refractivity contribution in [3.05, 3.63) is 47.5 Å². The van der Waals surface area contributed by atoms with Crippen LogP contribution in [0.5, 0.6) is 0 Å². The fourth-order valence-electron chi connectivity index (χ4n) is 1.80. The number of carbonyl (C=O) groups excluding carboxylic acids is 2. The van der Waals surface area contributed by atoms with Crippen LogP contribution < -0.4 is 0 Å². The van der Waals surface area contributed by atoms with Gasteiger partial charge in [-0.05, 0) is 31.6 Å². The third kappa shape index (κ3) is 4.67. The fraction of sp³-hybridized carbons (Fsp3) is 0.333. The SMILES string of the molecule is C=C(C)C[N+](C)(C)OC(=O)c1ccc(C(C)=O)cc1. The van der Waals surface area contributed by atoms with E-state index in [2.05, 4.69) is 6.58 Å². The highest BCUT2D eigenvalue weighted by Gasteiger charge is 2.23. The Balaban J connectivity index is 2.78. The summed E-state index contributed by atoms with van der Waals surface area (Å²) in [5.41, 5.74) is 1.94. The number of hydrogen-bond acceptors (Lipinski definition) is 3. The molecular weight excluding hydrogens is 242 g/mol. The van der Waals surface area contributed by atoms with Gasteiger partial charge >= 0.3 is 5.97 Å². The number of nitrogens with zero attached hydrogens (tertiary/aromatic N) is 1. The molecule has 0 bridgehead atoms. The topological polar surface area (TPSA) is 43.4 Å². The molecule has 0 heterocycles. The van der Waals surface area contributed by atoms with Crippen LogP contribution in [0.2, 0.25) is 0 Å². The van der Waals surface area contributed by atoms with Gasteiger partial charge in [0.1, 0.15) is 20.6 Å². The van der Waals surface area contributed by atoms with Crippen LogP contribution in [-0.4, -0.2) is 37.0 Å². The summed E-state index contributed by atoms with van der Waals surface area (Å²) < 4.78 is 0.0859. The molecule has 0 atom stereocenters. The predicted molar refractivity (Wildman–Crippen MR) is 73.7 cm³/mol. The number of carbonyl (C=O) groups is 2. The highest BCUT2D eigenvalue weighted by atomic mass is 16.7. The number of Topliss-reactive ketones (excluding diaryl/α,β-unsaturated/α-hetero) is 1. The van der Waals surface area contributed by atoms with Crippen LogP contribution in [0.15, 0.2) is 36.4 Å². The molecule has 0 radical (unpaired) electrons.